The number of para-hydroxylation sites is 2. The van der Waals surface area contributed by atoms with Crippen molar-refractivity contribution in [2.75, 3.05) is 0 Å². The quantitative estimate of drug-likeness (QED) is 0.317. The van der Waals surface area contributed by atoms with Gasteiger partial charge in [0.15, 0.2) is 0 Å². The molecule has 0 atom stereocenters. The summed E-state index contributed by atoms with van der Waals surface area (Å²) in [6.07, 6.45) is 6.86. The summed E-state index contributed by atoms with van der Waals surface area (Å²) in [5.74, 6) is 0.207. The molecule has 5 aromatic rings. The number of pyridine rings is 1. The van der Waals surface area contributed by atoms with E-state index in [1.54, 1.807) is 30.0 Å². The van der Waals surface area contributed by atoms with E-state index < -0.39 is 0 Å². The first-order valence-corrected chi connectivity index (χ1v) is 13.5. The van der Waals surface area contributed by atoms with Crippen molar-refractivity contribution in [1.29, 1.82) is 0 Å². The summed E-state index contributed by atoms with van der Waals surface area (Å²) in [7, 11) is 0. The second-order valence-electron chi connectivity index (χ2n) is 10.1. The number of rotatable bonds is 6. The van der Waals surface area contributed by atoms with Gasteiger partial charge in [-0.1, -0.05) is 41.1 Å². The molecule has 0 aliphatic heterocycles. The average Bonchev–Trinajstić information content (AvgIpc) is 3.58. The van der Waals surface area contributed by atoms with Crippen LogP contribution in [0.1, 0.15) is 41.7 Å². The predicted octanol–water partition coefficient (Wildman–Crippen LogP) is 4.92. The van der Waals surface area contributed by atoms with Crippen LogP contribution in [0.4, 0.5) is 0 Å². The Bertz CT molecular complexity index is 1680. The molecule has 198 valence electrons. The van der Waals surface area contributed by atoms with Crippen LogP contribution in [0.5, 0.6) is 0 Å². The fourth-order valence-electron chi connectivity index (χ4n) is 5.51. The lowest BCUT2D eigenvalue weighted by atomic mass is 9.85. The Morgan fingerprint density at radius 1 is 1.08 bits per heavy atom. The zero-order valence-electron chi connectivity index (χ0n) is 21.5. The van der Waals surface area contributed by atoms with Gasteiger partial charge in [0.05, 0.1) is 33.0 Å². The van der Waals surface area contributed by atoms with Crippen LogP contribution in [-0.2, 0) is 6.54 Å². The third kappa shape index (κ3) is 4.97. The van der Waals surface area contributed by atoms with E-state index in [1.165, 1.54) is 0 Å². The molecule has 1 aliphatic carbocycles. The van der Waals surface area contributed by atoms with Crippen molar-refractivity contribution in [2.45, 2.75) is 45.2 Å². The van der Waals surface area contributed by atoms with Gasteiger partial charge in [0, 0.05) is 30.5 Å². The molecule has 1 fully saturated rings. The average molecular weight is 542 g/mol. The number of aromatic nitrogens is 6. The minimum absolute atomic E-state index is 0.0512. The van der Waals surface area contributed by atoms with Crippen LogP contribution in [0.15, 0.2) is 71.8 Å². The number of hydrogen-bond acceptors (Lipinski definition) is 5. The molecule has 39 heavy (non-hydrogen) atoms. The molecular weight excluding hydrogens is 514 g/mol. The topological polar surface area (TPSA) is 110 Å². The molecule has 10 heteroatoms. The van der Waals surface area contributed by atoms with Crippen LogP contribution in [0, 0.1) is 12.8 Å². The monoisotopic (exact) mass is 541 g/mol. The van der Waals surface area contributed by atoms with E-state index in [0.717, 1.165) is 53.7 Å². The van der Waals surface area contributed by atoms with E-state index in [9.17, 15) is 9.59 Å². The number of nitrogens with one attached hydrogen (secondary N) is 2. The SMILES string of the molecule is Cc1ncc(Cl)cc1C(=O)N[C@H]1CC[C@H](Cn2c(=O)n(-c3ccc(-c4c[nH]nn4)cc3)c3ccccc32)CC1. The van der Waals surface area contributed by atoms with Crippen LogP contribution in [0.25, 0.3) is 28.0 Å². The second-order valence-corrected chi connectivity index (χ2v) is 10.5. The standard InChI is InChI=1S/C29H28ClN7O2/c1-18-24(14-21(30)15-31-18)28(38)33-22-10-6-19(7-11-22)17-36-26-4-2-3-5-27(26)37(29(36)39)23-12-8-20(9-13-23)25-16-32-35-34-25/h2-5,8-9,12-16,19,22H,6-7,10-11,17H2,1H3,(H,33,38)(H,32,34,35)/t19-,22-. The number of carbonyl (C=O) groups excluding carboxylic acids is 1. The summed E-state index contributed by atoms with van der Waals surface area (Å²) in [6, 6.07) is 17.4. The van der Waals surface area contributed by atoms with Gasteiger partial charge in [0.1, 0.15) is 5.69 Å². The first kappa shape index (κ1) is 25.1. The third-order valence-electron chi connectivity index (χ3n) is 7.59. The van der Waals surface area contributed by atoms with Gasteiger partial charge in [-0.05, 0) is 68.9 Å². The number of nitrogens with zero attached hydrogens (tertiary/aromatic N) is 5. The summed E-state index contributed by atoms with van der Waals surface area (Å²) in [6.45, 7) is 2.45. The van der Waals surface area contributed by atoms with Crippen LogP contribution >= 0.6 is 11.6 Å². The van der Waals surface area contributed by atoms with Gasteiger partial charge < -0.3 is 5.32 Å². The normalized spacial score (nSPS) is 17.4. The zero-order chi connectivity index (χ0) is 26.9. The molecule has 0 spiro atoms. The number of aryl methyl sites for hydroxylation is 1. The van der Waals surface area contributed by atoms with Crippen molar-refractivity contribution in [1.82, 2.24) is 34.8 Å². The molecule has 3 aromatic heterocycles. The highest BCUT2D eigenvalue weighted by molar-refractivity contribution is 6.30. The molecule has 2 N–H and O–H groups in total. The minimum Gasteiger partial charge on any atom is -0.349 e. The van der Waals surface area contributed by atoms with Crippen LogP contribution in [-0.4, -0.2) is 41.5 Å². The molecule has 0 bridgehead atoms. The number of fused-ring (bicyclic) bond motifs is 1. The van der Waals surface area contributed by atoms with Crippen molar-refractivity contribution < 1.29 is 4.79 Å². The molecule has 2 aromatic carbocycles. The van der Waals surface area contributed by atoms with E-state index >= 15 is 0 Å². The number of imidazole rings is 1. The predicted molar refractivity (Wildman–Crippen MR) is 150 cm³/mol. The lowest BCUT2D eigenvalue weighted by Crippen LogP contribution is -2.39. The highest BCUT2D eigenvalue weighted by Crippen LogP contribution is 2.28. The molecular formula is C29H28ClN7O2. The number of H-pyrrole nitrogens is 1. The fraction of sp³-hybridized carbons (Fsp3) is 0.276. The summed E-state index contributed by atoms with van der Waals surface area (Å²) >= 11 is 6.04. The Labute approximate surface area is 229 Å². The number of aromatic amines is 1. The molecule has 1 saturated carbocycles. The van der Waals surface area contributed by atoms with Crippen LogP contribution in [0.3, 0.4) is 0 Å². The van der Waals surface area contributed by atoms with E-state index in [1.807, 2.05) is 53.1 Å². The van der Waals surface area contributed by atoms with Gasteiger partial charge in [-0.3, -0.25) is 24.0 Å². The Hall–Kier alpha value is -4.24. The number of carbonyl (C=O) groups is 1. The molecule has 6 rings (SSSR count). The van der Waals surface area contributed by atoms with Crippen molar-refractivity contribution in [2.24, 2.45) is 5.92 Å². The maximum Gasteiger partial charge on any atom is 0.333 e. The Kier molecular flexibility index (Phi) is 6.74. The maximum absolute atomic E-state index is 13.7. The number of halogens is 1. The smallest absolute Gasteiger partial charge is 0.333 e. The zero-order valence-corrected chi connectivity index (χ0v) is 22.2. The van der Waals surface area contributed by atoms with Gasteiger partial charge in [0.25, 0.3) is 5.91 Å². The van der Waals surface area contributed by atoms with Gasteiger partial charge in [0.2, 0.25) is 0 Å². The Morgan fingerprint density at radius 3 is 2.54 bits per heavy atom. The molecule has 1 aliphatic rings. The highest BCUT2D eigenvalue weighted by Gasteiger charge is 2.25. The largest absolute Gasteiger partial charge is 0.349 e. The number of benzene rings is 2. The molecule has 0 unspecified atom stereocenters. The fourth-order valence-corrected chi connectivity index (χ4v) is 5.66. The van der Waals surface area contributed by atoms with E-state index in [-0.39, 0.29) is 17.6 Å². The van der Waals surface area contributed by atoms with Crippen LogP contribution in [0.2, 0.25) is 5.02 Å². The van der Waals surface area contributed by atoms with E-state index in [4.69, 9.17) is 11.6 Å². The molecule has 1 amide bonds. The third-order valence-corrected chi connectivity index (χ3v) is 7.80. The lowest BCUT2D eigenvalue weighted by Gasteiger charge is -2.29. The van der Waals surface area contributed by atoms with Crippen molar-refractivity contribution in [3.63, 3.8) is 0 Å². The number of amides is 1. The Balaban J connectivity index is 1.18. The lowest BCUT2D eigenvalue weighted by molar-refractivity contribution is 0.0919. The van der Waals surface area contributed by atoms with Gasteiger partial charge in [-0.2, -0.15) is 0 Å². The van der Waals surface area contributed by atoms with Gasteiger partial charge >= 0.3 is 5.69 Å². The van der Waals surface area contributed by atoms with Gasteiger partial charge in [-0.15, -0.1) is 5.10 Å². The van der Waals surface area contributed by atoms with Crippen molar-refractivity contribution in [3.8, 4) is 16.9 Å². The first-order valence-electron chi connectivity index (χ1n) is 13.1. The summed E-state index contributed by atoms with van der Waals surface area (Å²) in [5.41, 5.74) is 5.40. The second kappa shape index (κ2) is 10.5. The van der Waals surface area contributed by atoms with Crippen molar-refractivity contribution in [3.05, 3.63) is 93.8 Å². The van der Waals surface area contributed by atoms with Crippen LogP contribution < -0.4 is 11.0 Å². The summed E-state index contributed by atoms with van der Waals surface area (Å²) in [4.78, 5) is 30.7. The first-order chi connectivity index (χ1) is 19.0. The summed E-state index contributed by atoms with van der Waals surface area (Å²) in [5, 5.41) is 14.2. The molecule has 3 heterocycles. The molecule has 9 nitrogen and oxygen atoms in total. The maximum atomic E-state index is 13.7. The van der Waals surface area contributed by atoms with E-state index in [0.29, 0.717) is 28.7 Å². The van der Waals surface area contributed by atoms with Gasteiger partial charge in [-0.25, -0.2) is 4.79 Å². The molecule has 0 saturated heterocycles. The Morgan fingerprint density at radius 2 is 1.82 bits per heavy atom. The minimum atomic E-state index is -0.139. The number of hydrogen-bond donors (Lipinski definition) is 2. The van der Waals surface area contributed by atoms with Crippen molar-refractivity contribution >= 4 is 28.5 Å². The summed E-state index contributed by atoms with van der Waals surface area (Å²) < 4.78 is 3.67. The molecule has 0 radical (unpaired) electrons. The highest BCUT2D eigenvalue weighted by atomic mass is 35.5. The van der Waals surface area contributed by atoms with E-state index in [2.05, 4.69) is 25.7 Å².